The number of esters is 1. The Bertz CT molecular complexity index is 878. The summed E-state index contributed by atoms with van der Waals surface area (Å²) < 4.78 is 70.9. The molecule has 0 atom stereocenters. The Balaban J connectivity index is 2.07. The summed E-state index contributed by atoms with van der Waals surface area (Å²) in [7, 11) is 0. The first-order valence-electron chi connectivity index (χ1n) is 7.70. The van der Waals surface area contributed by atoms with Gasteiger partial charge in [0, 0.05) is 12.2 Å². The van der Waals surface area contributed by atoms with E-state index in [9.17, 15) is 31.5 Å². The highest BCUT2D eigenvalue weighted by Crippen LogP contribution is 2.27. The predicted molar refractivity (Wildman–Crippen MR) is 87.2 cm³/mol. The van der Waals surface area contributed by atoms with Gasteiger partial charge >= 0.3 is 5.97 Å². The van der Waals surface area contributed by atoms with Gasteiger partial charge in [0.25, 0.3) is 5.91 Å². The maximum atomic E-state index is 13.5. The van der Waals surface area contributed by atoms with Crippen molar-refractivity contribution in [2.75, 3.05) is 30.4 Å². The quantitative estimate of drug-likeness (QED) is 0.286. The van der Waals surface area contributed by atoms with E-state index in [2.05, 4.69) is 10.1 Å². The van der Waals surface area contributed by atoms with Crippen molar-refractivity contribution < 1.29 is 41.4 Å². The maximum Gasteiger partial charge on any atom is 0.340 e. The van der Waals surface area contributed by atoms with Crippen LogP contribution in [0.15, 0.2) is 24.3 Å². The molecule has 6 nitrogen and oxygen atoms in total. The van der Waals surface area contributed by atoms with Crippen molar-refractivity contribution in [2.24, 2.45) is 0 Å². The summed E-state index contributed by atoms with van der Waals surface area (Å²) >= 11 is 0. The lowest BCUT2D eigenvalue weighted by Gasteiger charge is -2.12. The van der Waals surface area contributed by atoms with Crippen LogP contribution in [0.1, 0.15) is 10.4 Å². The normalized spacial score (nSPS) is 10.5. The van der Waals surface area contributed by atoms with Gasteiger partial charge in [-0.2, -0.15) is 0 Å². The van der Waals surface area contributed by atoms with Gasteiger partial charge in [0.15, 0.2) is 29.9 Å². The lowest BCUT2D eigenvalue weighted by Crippen LogP contribution is -2.23. The van der Waals surface area contributed by atoms with E-state index in [0.29, 0.717) is 5.69 Å². The molecular formula is C17H13F5N2O4. The Morgan fingerprint density at radius 1 is 0.929 bits per heavy atom. The largest absolute Gasteiger partial charge is 0.452 e. The fourth-order valence-electron chi connectivity index (χ4n) is 2.10. The number of hydrogen-bond acceptors (Lipinski definition) is 5. The third-order valence-electron chi connectivity index (χ3n) is 3.38. The summed E-state index contributed by atoms with van der Waals surface area (Å²) in [4.78, 5) is 23.8. The molecule has 0 radical (unpaired) electrons. The molecule has 11 heteroatoms. The number of rotatable bonds is 7. The van der Waals surface area contributed by atoms with E-state index in [0.717, 1.165) is 0 Å². The van der Waals surface area contributed by atoms with Crippen LogP contribution in [0.4, 0.5) is 33.3 Å². The van der Waals surface area contributed by atoms with Crippen molar-refractivity contribution in [3.63, 3.8) is 0 Å². The minimum Gasteiger partial charge on any atom is -0.452 e. The number of anilines is 2. The van der Waals surface area contributed by atoms with Crippen LogP contribution in [-0.2, 0) is 9.53 Å². The number of nitrogens with one attached hydrogen (secondary N) is 2. The first kappa shape index (κ1) is 21.1. The van der Waals surface area contributed by atoms with Crippen LogP contribution >= 0.6 is 0 Å². The second-order valence-corrected chi connectivity index (χ2v) is 5.27. The molecule has 0 saturated carbocycles. The van der Waals surface area contributed by atoms with E-state index in [1.54, 1.807) is 6.07 Å². The Morgan fingerprint density at radius 2 is 1.50 bits per heavy atom. The predicted octanol–water partition coefficient (Wildman–Crippen LogP) is 2.58. The number of carbonyl (C=O) groups is 2. The molecule has 0 bridgehead atoms. The molecule has 0 heterocycles. The molecule has 0 spiro atoms. The SMILES string of the molecule is O=C(COC(=O)c1ccccc1NCCO)Nc1c(F)c(F)c(F)c(F)c1F. The first-order valence-corrected chi connectivity index (χ1v) is 7.70. The van der Waals surface area contributed by atoms with E-state index >= 15 is 0 Å². The van der Waals surface area contributed by atoms with E-state index in [1.165, 1.54) is 23.5 Å². The lowest BCUT2D eigenvalue weighted by atomic mass is 10.2. The van der Waals surface area contributed by atoms with Gasteiger partial charge in [-0.1, -0.05) is 12.1 Å². The molecule has 0 aliphatic carbocycles. The summed E-state index contributed by atoms with van der Waals surface area (Å²) in [5.41, 5.74) is -1.26. The number of hydrogen-bond donors (Lipinski definition) is 3. The monoisotopic (exact) mass is 404 g/mol. The molecule has 0 aromatic heterocycles. The van der Waals surface area contributed by atoms with Gasteiger partial charge in [-0.3, -0.25) is 4.79 Å². The van der Waals surface area contributed by atoms with E-state index in [-0.39, 0.29) is 18.7 Å². The molecule has 150 valence electrons. The lowest BCUT2D eigenvalue weighted by molar-refractivity contribution is -0.119. The number of halogens is 5. The van der Waals surface area contributed by atoms with E-state index in [4.69, 9.17) is 5.11 Å². The van der Waals surface area contributed by atoms with Crippen LogP contribution in [0.2, 0.25) is 0 Å². The Kier molecular flexibility index (Phi) is 6.88. The molecule has 0 unspecified atom stereocenters. The van der Waals surface area contributed by atoms with Crippen LogP contribution in [0, 0.1) is 29.1 Å². The van der Waals surface area contributed by atoms with Crippen LogP contribution in [-0.4, -0.2) is 36.7 Å². The minimum absolute atomic E-state index is 0.0000165. The molecule has 1 amide bonds. The Labute approximate surface area is 154 Å². The zero-order valence-electron chi connectivity index (χ0n) is 14.0. The summed E-state index contributed by atoms with van der Waals surface area (Å²) in [5, 5.41) is 13.0. The zero-order chi connectivity index (χ0) is 20.8. The van der Waals surface area contributed by atoms with Gasteiger partial charge < -0.3 is 20.5 Å². The van der Waals surface area contributed by atoms with Crippen molar-refractivity contribution in [3.05, 3.63) is 58.9 Å². The fraction of sp³-hybridized carbons (Fsp3) is 0.176. The minimum atomic E-state index is -2.37. The average Bonchev–Trinajstić information content (AvgIpc) is 2.70. The molecular weight excluding hydrogens is 391 g/mol. The van der Waals surface area contributed by atoms with E-state index < -0.39 is 53.3 Å². The molecule has 0 saturated heterocycles. The second kappa shape index (κ2) is 9.13. The van der Waals surface area contributed by atoms with Crippen molar-refractivity contribution in [2.45, 2.75) is 0 Å². The Hall–Kier alpha value is -3.21. The van der Waals surface area contributed by atoms with Gasteiger partial charge in [-0.25, -0.2) is 26.7 Å². The van der Waals surface area contributed by atoms with Crippen LogP contribution in [0.25, 0.3) is 0 Å². The maximum absolute atomic E-state index is 13.5. The fourth-order valence-corrected chi connectivity index (χ4v) is 2.10. The third kappa shape index (κ3) is 4.55. The smallest absolute Gasteiger partial charge is 0.340 e. The molecule has 3 N–H and O–H groups in total. The van der Waals surface area contributed by atoms with Gasteiger partial charge in [0.05, 0.1) is 12.2 Å². The third-order valence-corrected chi connectivity index (χ3v) is 3.38. The van der Waals surface area contributed by atoms with Crippen LogP contribution < -0.4 is 10.6 Å². The summed E-state index contributed by atoms with van der Waals surface area (Å²) in [6.07, 6.45) is 0. The number of ether oxygens (including phenoxy) is 1. The molecule has 0 fully saturated rings. The van der Waals surface area contributed by atoms with Crippen molar-refractivity contribution in [1.82, 2.24) is 0 Å². The van der Waals surface area contributed by atoms with Crippen molar-refractivity contribution in [1.29, 1.82) is 0 Å². The second-order valence-electron chi connectivity index (χ2n) is 5.27. The van der Waals surface area contributed by atoms with Gasteiger partial charge in [0.1, 0.15) is 5.69 Å². The molecule has 28 heavy (non-hydrogen) atoms. The highest BCUT2D eigenvalue weighted by Gasteiger charge is 2.27. The zero-order valence-corrected chi connectivity index (χ0v) is 14.0. The molecule has 0 aliphatic rings. The van der Waals surface area contributed by atoms with Crippen molar-refractivity contribution >= 4 is 23.3 Å². The summed E-state index contributed by atoms with van der Waals surface area (Å²) in [5.74, 6) is -13.6. The van der Waals surface area contributed by atoms with Crippen LogP contribution in [0.3, 0.4) is 0 Å². The number of para-hydroxylation sites is 1. The van der Waals surface area contributed by atoms with Gasteiger partial charge in [-0.05, 0) is 12.1 Å². The number of amides is 1. The van der Waals surface area contributed by atoms with Crippen molar-refractivity contribution in [3.8, 4) is 0 Å². The highest BCUT2D eigenvalue weighted by atomic mass is 19.2. The Morgan fingerprint density at radius 3 is 2.11 bits per heavy atom. The molecule has 0 aliphatic heterocycles. The van der Waals surface area contributed by atoms with Crippen LogP contribution in [0.5, 0.6) is 0 Å². The molecule has 2 aromatic carbocycles. The topological polar surface area (TPSA) is 87.7 Å². The number of aliphatic hydroxyl groups excluding tert-OH is 1. The summed E-state index contributed by atoms with van der Waals surface area (Å²) in [6, 6.07) is 5.94. The number of carbonyl (C=O) groups excluding carboxylic acids is 2. The average molecular weight is 404 g/mol. The molecule has 2 aromatic rings. The van der Waals surface area contributed by atoms with Gasteiger partial charge in [-0.15, -0.1) is 0 Å². The number of aliphatic hydroxyl groups is 1. The number of benzene rings is 2. The molecule has 2 rings (SSSR count). The highest BCUT2D eigenvalue weighted by molar-refractivity contribution is 5.98. The summed E-state index contributed by atoms with van der Waals surface area (Å²) in [6.45, 7) is -1.13. The first-order chi connectivity index (χ1) is 13.3. The van der Waals surface area contributed by atoms with E-state index in [1.807, 2.05) is 0 Å². The van der Waals surface area contributed by atoms with Gasteiger partial charge in [0.2, 0.25) is 5.82 Å². The standard InChI is InChI=1S/C17H13F5N2O4/c18-11-12(19)14(21)16(15(22)13(11)20)24-10(26)7-28-17(27)8-3-1-2-4-9(8)23-5-6-25/h1-4,23,25H,5-7H2,(H,24,26).